The first-order valence-corrected chi connectivity index (χ1v) is 7.06. The molecule has 0 rings (SSSR count). The average Bonchev–Trinajstić information content (AvgIpc) is 2.29. The van der Waals surface area contributed by atoms with Crippen LogP contribution >= 0.6 is 0 Å². The van der Waals surface area contributed by atoms with Crippen molar-refractivity contribution in [1.29, 1.82) is 0 Å². The van der Waals surface area contributed by atoms with E-state index >= 15 is 0 Å². The highest BCUT2D eigenvalue weighted by molar-refractivity contribution is 5.66. The van der Waals surface area contributed by atoms with Gasteiger partial charge in [-0.1, -0.05) is 51.9 Å². The molecular weight excluding hydrogens is 216 g/mol. The number of carboxylic acids is 1. The summed E-state index contributed by atoms with van der Waals surface area (Å²) >= 11 is 0. The van der Waals surface area contributed by atoms with Gasteiger partial charge in [-0.2, -0.15) is 0 Å². The van der Waals surface area contributed by atoms with E-state index in [-0.39, 0.29) is 12.5 Å². The van der Waals surface area contributed by atoms with E-state index in [2.05, 4.69) is 6.92 Å². The molecule has 17 heavy (non-hydrogen) atoms. The molecule has 0 fully saturated rings. The lowest BCUT2D eigenvalue weighted by atomic mass is 10.0. The Bertz CT molecular complexity index is 180. The van der Waals surface area contributed by atoms with Crippen LogP contribution in [0.1, 0.15) is 77.6 Å². The zero-order chi connectivity index (χ0) is 12.9. The molecule has 0 radical (unpaired) electrons. The average molecular weight is 244 g/mol. The molecule has 3 nitrogen and oxygen atoms in total. The van der Waals surface area contributed by atoms with Crippen LogP contribution in [0.4, 0.5) is 0 Å². The second-order valence-corrected chi connectivity index (χ2v) is 4.85. The Balaban J connectivity index is 3.17. The lowest BCUT2D eigenvalue weighted by Gasteiger charge is -2.09. The monoisotopic (exact) mass is 244 g/mol. The van der Waals surface area contributed by atoms with Crippen molar-refractivity contribution in [2.24, 2.45) is 0 Å². The molecule has 2 N–H and O–H groups in total. The van der Waals surface area contributed by atoms with Crippen LogP contribution in [0.5, 0.6) is 0 Å². The fraction of sp³-hybridized carbons (Fsp3) is 0.929. The van der Waals surface area contributed by atoms with Gasteiger partial charge in [0.1, 0.15) is 0 Å². The summed E-state index contributed by atoms with van der Waals surface area (Å²) in [5, 5.41) is 18.1. The second-order valence-electron chi connectivity index (χ2n) is 4.85. The zero-order valence-corrected chi connectivity index (χ0v) is 11.2. The van der Waals surface area contributed by atoms with Crippen LogP contribution in [0, 0.1) is 0 Å². The van der Waals surface area contributed by atoms with Gasteiger partial charge in [0.2, 0.25) is 0 Å². The van der Waals surface area contributed by atoms with Gasteiger partial charge in [0, 0.05) is 6.42 Å². The van der Waals surface area contributed by atoms with E-state index in [1.807, 2.05) is 0 Å². The van der Waals surface area contributed by atoms with Crippen molar-refractivity contribution in [3.63, 3.8) is 0 Å². The van der Waals surface area contributed by atoms with Crippen LogP contribution in [0.25, 0.3) is 0 Å². The lowest BCUT2D eigenvalue weighted by molar-refractivity contribution is -0.137. The van der Waals surface area contributed by atoms with Crippen LogP contribution in [-0.2, 0) is 4.79 Å². The second kappa shape index (κ2) is 11.9. The molecule has 0 saturated carbocycles. The van der Waals surface area contributed by atoms with Crippen LogP contribution in [0.2, 0.25) is 0 Å². The number of aliphatic hydroxyl groups is 1. The number of carboxylic acid groups (broad SMARTS) is 1. The van der Waals surface area contributed by atoms with Crippen LogP contribution in [-0.4, -0.2) is 22.3 Å². The van der Waals surface area contributed by atoms with Crippen molar-refractivity contribution in [3.05, 3.63) is 0 Å². The smallest absolute Gasteiger partial charge is 0.303 e. The molecule has 0 aromatic carbocycles. The van der Waals surface area contributed by atoms with Gasteiger partial charge in [0.05, 0.1) is 6.10 Å². The molecule has 0 bridgehead atoms. The third-order valence-electron chi connectivity index (χ3n) is 3.07. The topological polar surface area (TPSA) is 57.5 Å². The van der Waals surface area contributed by atoms with Crippen LogP contribution < -0.4 is 0 Å². The summed E-state index contributed by atoms with van der Waals surface area (Å²) < 4.78 is 0. The molecule has 0 saturated heterocycles. The van der Waals surface area contributed by atoms with Crippen molar-refractivity contribution in [3.8, 4) is 0 Å². The van der Waals surface area contributed by atoms with Crippen LogP contribution in [0.3, 0.4) is 0 Å². The molecule has 0 heterocycles. The molecule has 0 aliphatic carbocycles. The number of unbranched alkanes of at least 4 members (excludes halogenated alkanes) is 6. The molecular formula is C14H28O3. The van der Waals surface area contributed by atoms with Crippen molar-refractivity contribution in [2.75, 3.05) is 0 Å². The quantitative estimate of drug-likeness (QED) is 0.514. The largest absolute Gasteiger partial charge is 0.481 e. The predicted molar refractivity (Wildman–Crippen MR) is 70.1 cm³/mol. The van der Waals surface area contributed by atoms with Crippen molar-refractivity contribution < 1.29 is 15.0 Å². The normalized spacial score (nSPS) is 12.6. The van der Waals surface area contributed by atoms with Gasteiger partial charge in [-0.3, -0.25) is 4.79 Å². The van der Waals surface area contributed by atoms with E-state index in [1.165, 1.54) is 32.1 Å². The summed E-state index contributed by atoms with van der Waals surface area (Å²) in [6.07, 6.45) is 10.6. The minimum atomic E-state index is -0.740. The minimum Gasteiger partial charge on any atom is -0.481 e. The van der Waals surface area contributed by atoms with E-state index in [0.717, 1.165) is 25.7 Å². The van der Waals surface area contributed by atoms with Gasteiger partial charge >= 0.3 is 5.97 Å². The molecule has 0 amide bonds. The lowest BCUT2D eigenvalue weighted by Crippen LogP contribution is -2.06. The number of hydrogen-bond acceptors (Lipinski definition) is 2. The molecule has 3 heteroatoms. The van der Waals surface area contributed by atoms with Crippen molar-refractivity contribution in [2.45, 2.75) is 83.7 Å². The maximum Gasteiger partial charge on any atom is 0.303 e. The molecule has 0 aromatic heterocycles. The van der Waals surface area contributed by atoms with E-state index in [0.29, 0.717) is 6.42 Å². The first-order chi connectivity index (χ1) is 8.16. The summed E-state index contributed by atoms with van der Waals surface area (Å²) in [7, 11) is 0. The van der Waals surface area contributed by atoms with Gasteiger partial charge in [-0.15, -0.1) is 0 Å². The summed E-state index contributed by atoms with van der Waals surface area (Å²) in [4.78, 5) is 10.3. The third-order valence-corrected chi connectivity index (χ3v) is 3.07. The third kappa shape index (κ3) is 13.4. The standard InChI is InChI=1S/C14H28O3/c1-2-3-4-5-6-7-10-13(15)11-8-9-12-14(16)17/h13,15H,2-12H2,1H3,(H,16,17). The van der Waals surface area contributed by atoms with Crippen molar-refractivity contribution >= 4 is 5.97 Å². The number of aliphatic hydroxyl groups excluding tert-OH is 1. The highest BCUT2D eigenvalue weighted by Gasteiger charge is 2.04. The summed E-state index contributed by atoms with van der Waals surface area (Å²) in [5.74, 6) is -0.740. The van der Waals surface area contributed by atoms with Crippen molar-refractivity contribution in [1.82, 2.24) is 0 Å². The molecule has 0 spiro atoms. The molecule has 102 valence electrons. The molecule has 0 aliphatic heterocycles. The fourth-order valence-corrected chi connectivity index (χ4v) is 1.96. The number of rotatable bonds is 12. The maximum absolute atomic E-state index is 10.3. The van der Waals surface area contributed by atoms with Gasteiger partial charge in [-0.25, -0.2) is 0 Å². The molecule has 1 atom stereocenters. The molecule has 0 aromatic rings. The first kappa shape index (κ1) is 16.4. The fourth-order valence-electron chi connectivity index (χ4n) is 1.96. The highest BCUT2D eigenvalue weighted by Crippen LogP contribution is 2.12. The van der Waals surface area contributed by atoms with E-state index in [4.69, 9.17) is 5.11 Å². The molecule has 1 unspecified atom stereocenters. The minimum absolute atomic E-state index is 0.226. The number of aliphatic carboxylic acids is 1. The summed E-state index contributed by atoms with van der Waals surface area (Å²) in [6.45, 7) is 2.21. The Morgan fingerprint density at radius 2 is 1.47 bits per heavy atom. The zero-order valence-electron chi connectivity index (χ0n) is 11.2. The number of hydrogen-bond donors (Lipinski definition) is 2. The maximum atomic E-state index is 10.3. The predicted octanol–water partition coefficient (Wildman–Crippen LogP) is 3.74. The van der Waals surface area contributed by atoms with Gasteiger partial charge in [0.15, 0.2) is 0 Å². The number of carbonyl (C=O) groups is 1. The highest BCUT2D eigenvalue weighted by atomic mass is 16.4. The molecule has 0 aliphatic rings. The first-order valence-electron chi connectivity index (χ1n) is 7.06. The summed E-state index contributed by atoms with van der Waals surface area (Å²) in [6, 6.07) is 0. The van der Waals surface area contributed by atoms with E-state index < -0.39 is 5.97 Å². The Labute approximate surface area is 105 Å². The van der Waals surface area contributed by atoms with Crippen LogP contribution in [0.15, 0.2) is 0 Å². The Morgan fingerprint density at radius 3 is 2.06 bits per heavy atom. The Morgan fingerprint density at radius 1 is 0.941 bits per heavy atom. The van der Waals surface area contributed by atoms with E-state index in [1.54, 1.807) is 0 Å². The summed E-state index contributed by atoms with van der Waals surface area (Å²) in [5.41, 5.74) is 0. The Hall–Kier alpha value is -0.570. The van der Waals surface area contributed by atoms with Gasteiger partial charge < -0.3 is 10.2 Å². The van der Waals surface area contributed by atoms with Gasteiger partial charge in [-0.05, 0) is 19.3 Å². The van der Waals surface area contributed by atoms with Gasteiger partial charge in [0.25, 0.3) is 0 Å². The SMILES string of the molecule is CCCCCCCCC(O)CCCCC(=O)O. The van der Waals surface area contributed by atoms with E-state index in [9.17, 15) is 9.90 Å². The Kier molecular flexibility index (Phi) is 11.5.